The number of methoxy groups -OCH3 is 2. The van der Waals surface area contributed by atoms with Crippen LogP contribution in [0.1, 0.15) is 5.56 Å². The largest absolute Gasteiger partial charge is 0.495 e. The summed E-state index contributed by atoms with van der Waals surface area (Å²) in [5, 5.41) is 5.64. The number of ether oxygens (including phenoxy) is 2. The molecule has 2 amide bonds. The molecule has 2 rings (SSSR count). The van der Waals surface area contributed by atoms with E-state index in [1.807, 2.05) is 0 Å². The Kier molecular flexibility index (Phi) is 5.65. The Hall–Kier alpha value is -2.47. The van der Waals surface area contributed by atoms with Crippen LogP contribution in [-0.4, -0.2) is 20.3 Å². The number of halogens is 2. The highest BCUT2D eigenvalue weighted by molar-refractivity contribution is 6.32. The first-order valence-electron chi connectivity index (χ1n) is 6.74. The first-order valence-corrected chi connectivity index (χ1v) is 7.12. The van der Waals surface area contributed by atoms with Crippen molar-refractivity contribution in [3.63, 3.8) is 0 Å². The Bertz CT molecular complexity index is 710. The minimum atomic E-state index is -0.461. The molecule has 0 aliphatic heterocycles. The molecule has 2 aromatic rings. The van der Waals surface area contributed by atoms with Crippen LogP contribution in [0.5, 0.6) is 11.5 Å². The summed E-state index contributed by atoms with van der Waals surface area (Å²) >= 11 is 6.00. The molecule has 0 fully saturated rings. The highest BCUT2D eigenvalue weighted by Gasteiger charge is 2.12. The summed E-state index contributed by atoms with van der Waals surface area (Å²) in [6.07, 6.45) is 0. The van der Waals surface area contributed by atoms with Crippen LogP contribution >= 0.6 is 11.6 Å². The van der Waals surface area contributed by atoms with Gasteiger partial charge in [0.1, 0.15) is 17.3 Å². The summed E-state index contributed by atoms with van der Waals surface area (Å²) in [4.78, 5) is 12.0. The molecule has 0 unspecified atom stereocenters. The van der Waals surface area contributed by atoms with Gasteiger partial charge in [-0.25, -0.2) is 9.18 Å². The van der Waals surface area contributed by atoms with E-state index in [9.17, 15) is 9.18 Å². The van der Waals surface area contributed by atoms with Gasteiger partial charge >= 0.3 is 6.03 Å². The van der Waals surface area contributed by atoms with E-state index < -0.39 is 6.03 Å². The van der Waals surface area contributed by atoms with E-state index in [1.165, 1.54) is 26.4 Å². The van der Waals surface area contributed by atoms with Crippen LogP contribution in [0.25, 0.3) is 0 Å². The summed E-state index contributed by atoms with van der Waals surface area (Å²) in [7, 11) is 2.94. The lowest BCUT2D eigenvalue weighted by atomic mass is 10.2. The minimum absolute atomic E-state index is 0.191. The predicted octanol–water partition coefficient (Wildman–Crippen LogP) is 3.82. The molecule has 0 radical (unpaired) electrons. The fraction of sp³-hybridized carbons (Fsp3) is 0.188. The van der Waals surface area contributed by atoms with Crippen LogP contribution in [0.15, 0.2) is 36.4 Å². The molecule has 7 heteroatoms. The van der Waals surface area contributed by atoms with Crippen LogP contribution in [-0.2, 0) is 6.54 Å². The molecule has 0 atom stereocenters. The lowest BCUT2D eigenvalue weighted by molar-refractivity contribution is 0.251. The number of hydrogen-bond donors (Lipinski definition) is 2. The third kappa shape index (κ3) is 4.50. The van der Waals surface area contributed by atoms with Crippen LogP contribution < -0.4 is 20.1 Å². The quantitative estimate of drug-likeness (QED) is 0.871. The molecule has 0 aliphatic carbocycles. The molecule has 0 saturated carbocycles. The van der Waals surface area contributed by atoms with Gasteiger partial charge in [-0.2, -0.15) is 0 Å². The van der Waals surface area contributed by atoms with Crippen LogP contribution in [0.4, 0.5) is 14.9 Å². The van der Waals surface area contributed by atoms with E-state index in [4.69, 9.17) is 21.1 Å². The monoisotopic (exact) mass is 338 g/mol. The number of nitrogens with one attached hydrogen (secondary N) is 2. The molecule has 23 heavy (non-hydrogen) atoms. The molecule has 5 nitrogen and oxygen atoms in total. The maximum Gasteiger partial charge on any atom is 0.319 e. The number of carbonyl (C=O) groups excluding carboxylic acids is 1. The molecule has 2 N–H and O–H groups in total. The summed E-state index contributed by atoms with van der Waals surface area (Å²) in [5.41, 5.74) is 1.06. The summed E-state index contributed by atoms with van der Waals surface area (Å²) in [5.74, 6) is 0.457. The van der Waals surface area contributed by atoms with Crippen LogP contribution in [0.3, 0.4) is 0 Å². The van der Waals surface area contributed by atoms with Gasteiger partial charge in [0.25, 0.3) is 0 Å². The third-order valence-electron chi connectivity index (χ3n) is 3.06. The maximum absolute atomic E-state index is 13.1. The van der Waals surface area contributed by atoms with Crippen molar-refractivity contribution in [3.8, 4) is 11.5 Å². The molecule has 0 saturated heterocycles. The average Bonchev–Trinajstić information content (AvgIpc) is 2.54. The van der Waals surface area contributed by atoms with E-state index in [2.05, 4.69) is 10.6 Å². The predicted molar refractivity (Wildman–Crippen MR) is 86.8 cm³/mol. The lowest BCUT2D eigenvalue weighted by Gasteiger charge is -2.13. The fourth-order valence-corrected chi connectivity index (χ4v) is 2.18. The van der Waals surface area contributed by atoms with Crippen molar-refractivity contribution in [2.45, 2.75) is 6.54 Å². The standard InChI is InChI=1S/C16H16ClFN2O3/c1-22-14-8-13(15(23-2)7-12(14)17)20-16(21)19-9-10-4-3-5-11(18)6-10/h3-8H,9H2,1-2H3,(H2,19,20,21). The van der Waals surface area contributed by atoms with Gasteiger partial charge in [-0.1, -0.05) is 23.7 Å². The second-order valence-electron chi connectivity index (χ2n) is 4.62. The van der Waals surface area contributed by atoms with Crippen molar-refractivity contribution in [1.82, 2.24) is 5.32 Å². The minimum Gasteiger partial charge on any atom is -0.495 e. The molecular formula is C16H16ClFN2O3. The Morgan fingerprint density at radius 3 is 2.57 bits per heavy atom. The van der Waals surface area contributed by atoms with E-state index in [-0.39, 0.29) is 12.4 Å². The smallest absolute Gasteiger partial charge is 0.319 e. The van der Waals surface area contributed by atoms with Crippen molar-refractivity contribution < 1.29 is 18.7 Å². The molecule has 0 aliphatic rings. The Morgan fingerprint density at radius 2 is 1.91 bits per heavy atom. The van der Waals surface area contributed by atoms with Crippen molar-refractivity contribution in [3.05, 3.63) is 52.8 Å². The number of rotatable bonds is 5. The second-order valence-corrected chi connectivity index (χ2v) is 5.03. The molecule has 0 heterocycles. The van der Waals surface area contributed by atoms with Gasteiger partial charge in [0.2, 0.25) is 0 Å². The number of hydrogen-bond acceptors (Lipinski definition) is 3. The topological polar surface area (TPSA) is 59.6 Å². The summed E-state index contributed by atoms with van der Waals surface area (Å²) in [6, 6.07) is 8.63. The number of urea groups is 1. The molecule has 122 valence electrons. The van der Waals surface area contributed by atoms with Crippen molar-refractivity contribution in [1.29, 1.82) is 0 Å². The SMILES string of the molecule is COc1cc(NC(=O)NCc2cccc(F)c2)c(OC)cc1Cl. The molecular weight excluding hydrogens is 323 g/mol. The fourth-order valence-electron chi connectivity index (χ4n) is 1.95. The zero-order valence-corrected chi connectivity index (χ0v) is 13.4. The zero-order valence-electron chi connectivity index (χ0n) is 12.7. The lowest BCUT2D eigenvalue weighted by Crippen LogP contribution is -2.28. The van der Waals surface area contributed by atoms with Gasteiger partial charge in [-0.15, -0.1) is 0 Å². The first kappa shape index (κ1) is 16.9. The molecule has 0 aromatic heterocycles. The van der Waals surface area contributed by atoms with E-state index in [1.54, 1.807) is 24.3 Å². The number of carbonyl (C=O) groups is 1. The maximum atomic E-state index is 13.1. The first-order chi connectivity index (χ1) is 11.0. The normalized spacial score (nSPS) is 10.1. The highest BCUT2D eigenvalue weighted by Crippen LogP contribution is 2.35. The number of anilines is 1. The Labute approximate surface area is 138 Å². The Balaban J connectivity index is 2.05. The van der Waals surface area contributed by atoms with Crippen molar-refractivity contribution in [2.75, 3.05) is 19.5 Å². The molecule has 0 spiro atoms. The van der Waals surface area contributed by atoms with Crippen molar-refractivity contribution >= 4 is 23.3 Å². The molecule has 0 bridgehead atoms. The van der Waals surface area contributed by atoms with Crippen LogP contribution in [0, 0.1) is 5.82 Å². The van der Waals surface area contributed by atoms with Gasteiger partial charge in [0.05, 0.1) is 24.9 Å². The van der Waals surface area contributed by atoms with Crippen molar-refractivity contribution in [2.24, 2.45) is 0 Å². The number of amides is 2. The van der Waals surface area contributed by atoms with Gasteiger partial charge in [0.15, 0.2) is 0 Å². The Morgan fingerprint density at radius 1 is 1.17 bits per heavy atom. The van der Waals surface area contributed by atoms with E-state index in [0.29, 0.717) is 27.8 Å². The summed E-state index contributed by atoms with van der Waals surface area (Å²) < 4.78 is 23.4. The zero-order chi connectivity index (χ0) is 16.8. The van der Waals surface area contributed by atoms with Gasteiger partial charge in [0, 0.05) is 18.7 Å². The second kappa shape index (κ2) is 7.69. The summed E-state index contributed by atoms with van der Waals surface area (Å²) in [6.45, 7) is 0.191. The van der Waals surface area contributed by atoms with Gasteiger partial charge in [-0.05, 0) is 17.7 Å². The van der Waals surface area contributed by atoms with Crippen LogP contribution in [0.2, 0.25) is 5.02 Å². The average molecular weight is 339 g/mol. The van der Waals surface area contributed by atoms with E-state index >= 15 is 0 Å². The van der Waals surface area contributed by atoms with Gasteiger partial charge < -0.3 is 20.1 Å². The van der Waals surface area contributed by atoms with Gasteiger partial charge in [-0.3, -0.25) is 0 Å². The molecule has 2 aromatic carbocycles. The number of benzene rings is 2. The highest BCUT2D eigenvalue weighted by atomic mass is 35.5. The van der Waals surface area contributed by atoms with E-state index in [0.717, 1.165) is 0 Å². The third-order valence-corrected chi connectivity index (χ3v) is 3.36.